The Hall–Kier alpha value is -0.380. The summed E-state index contributed by atoms with van der Waals surface area (Å²) in [7, 11) is 0. The Kier molecular flexibility index (Phi) is 4.77. The molecule has 2 atom stereocenters. The van der Waals surface area contributed by atoms with Crippen LogP contribution < -0.4 is 0 Å². The fourth-order valence-electron chi connectivity index (χ4n) is 1.95. The largest absolute Gasteiger partial charge is 0.393 e. The van der Waals surface area contributed by atoms with E-state index in [-0.39, 0.29) is 12.2 Å². The first kappa shape index (κ1) is 12.7. The van der Waals surface area contributed by atoms with Gasteiger partial charge in [-0.1, -0.05) is 19.9 Å². The second kappa shape index (κ2) is 5.64. The first-order valence-electron chi connectivity index (χ1n) is 5.76. The van der Waals surface area contributed by atoms with Gasteiger partial charge in [-0.15, -0.1) is 6.58 Å². The van der Waals surface area contributed by atoms with Crippen LogP contribution in [0.1, 0.15) is 39.5 Å². The first-order chi connectivity index (χ1) is 7.15. The molecular formula is C12H22O3. The lowest BCUT2D eigenvalue weighted by Gasteiger charge is -2.25. The molecule has 0 radical (unpaired) electrons. The molecule has 0 bridgehead atoms. The molecule has 15 heavy (non-hydrogen) atoms. The number of ether oxygens (including phenoxy) is 2. The van der Waals surface area contributed by atoms with E-state index in [2.05, 4.69) is 20.4 Å². The van der Waals surface area contributed by atoms with E-state index in [0.717, 1.165) is 12.8 Å². The topological polar surface area (TPSA) is 38.7 Å². The quantitative estimate of drug-likeness (QED) is 0.689. The predicted molar refractivity (Wildman–Crippen MR) is 59.6 cm³/mol. The zero-order valence-corrected chi connectivity index (χ0v) is 9.74. The summed E-state index contributed by atoms with van der Waals surface area (Å²) in [5.74, 6) is -0.404. The molecule has 1 N–H and O–H groups in total. The minimum Gasteiger partial charge on any atom is -0.393 e. The summed E-state index contributed by atoms with van der Waals surface area (Å²) in [5.41, 5.74) is 0. The van der Waals surface area contributed by atoms with E-state index < -0.39 is 5.79 Å². The van der Waals surface area contributed by atoms with Crippen molar-refractivity contribution in [3.05, 3.63) is 12.7 Å². The summed E-state index contributed by atoms with van der Waals surface area (Å²) in [6, 6.07) is 0. The van der Waals surface area contributed by atoms with E-state index in [1.54, 1.807) is 6.08 Å². The summed E-state index contributed by atoms with van der Waals surface area (Å²) in [6.07, 6.45) is 4.36. The Labute approximate surface area is 92.1 Å². The van der Waals surface area contributed by atoms with Gasteiger partial charge in [0.2, 0.25) is 0 Å². The molecule has 1 heterocycles. The van der Waals surface area contributed by atoms with Crippen molar-refractivity contribution in [1.29, 1.82) is 0 Å². The third-order valence-electron chi connectivity index (χ3n) is 2.96. The molecule has 0 amide bonds. The van der Waals surface area contributed by atoms with Crippen LogP contribution in [0.3, 0.4) is 0 Å². The summed E-state index contributed by atoms with van der Waals surface area (Å²) in [4.78, 5) is 0. The molecule has 88 valence electrons. The molecular weight excluding hydrogens is 192 g/mol. The smallest absolute Gasteiger partial charge is 0.168 e. The highest BCUT2D eigenvalue weighted by Crippen LogP contribution is 2.31. The Morgan fingerprint density at radius 3 is 2.67 bits per heavy atom. The van der Waals surface area contributed by atoms with Gasteiger partial charge in [0.15, 0.2) is 5.79 Å². The van der Waals surface area contributed by atoms with Crippen molar-refractivity contribution in [2.75, 3.05) is 6.61 Å². The van der Waals surface area contributed by atoms with Crippen molar-refractivity contribution < 1.29 is 14.6 Å². The minimum absolute atomic E-state index is 0.0276. The van der Waals surface area contributed by atoms with Gasteiger partial charge in [0, 0.05) is 6.42 Å². The van der Waals surface area contributed by atoms with Crippen molar-refractivity contribution in [2.45, 2.75) is 57.5 Å². The molecule has 0 aromatic rings. The zero-order chi connectivity index (χ0) is 11.3. The molecule has 0 saturated carbocycles. The maximum Gasteiger partial charge on any atom is 0.168 e. The van der Waals surface area contributed by atoms with Crippen LogP contribution in [0, 0.1) is 0 Å². The number of hydrogen-bond acceptors (Lipinski definition) is 3. The van der Waals surface area contributed by atoms with Crippen LogP contribution in [-0.4, -0.2) is 29.7 Å². The predicted octanol–water partition coefficient (Wildman–Crippen LogP) is 2.25. The first-order valence-corrected chi connectivity index (χ1v) is 5.76. The summed E-state index contributed by atoms with van der Waals surface area (Å²) >= 11 is 0. The Morgan fingerprint density at radius 2 is 2.20 bits per heavy atom. The molecule has 1 fully saturated rings. The number of hydrogen-bond donors (Lipinski definition) is 1. The molecule has 3 nitrogen and oxygen atoms in total. The van der Waals surface area contributed by atoms with Crippen molar-refractivity contribution in [3.8, 4) is 0 Å². The second-order valence-corrected chi connectivity index (χ2v) is 4.08. The maximum atomic E-state index is 9.62. The van der Waals surface area contributed by atoms with Crippen LogP contribution in [0.4, 0.5) is 0 Å². The van der Waals surface area contributed by atoms with Gasteiger partial charge in [0.1, 0.15) is 0 Å². The fraction of sp³-hybridized carbons (Fsp3) is 0.833. The van der Waals surface area contributed by atoms with Gasteiger partial charge in [-0.05, 0) is 19.3 Å². The molecule has 1 aliphatic heterocycles. The highest BCUT2D eigenvalue weighted by atomic mass is 16.7. The van der Waals surface area contributed by atoms with E-state index in [1.165, 1.54) is 0 Å². The zero-order valence-electron chi connectivity index (χ0n) is 9.74. The molecule has 0 aromatic heterocycles. The molecule has 0 aliphatic carbocycles. The van der Waals surface area contributed by atoms with E-state index in [4.69, 9.17) is 9.47 Å². The third kappa shape index (κ3) is 3.30. The maximum absolute atomic E-state index is 9.62. The highest BCUT2D eigenvalue weighted by molar-refractivity contribution is 4.81. The SMILES string of the molecule is C=CC[C@H](O)C[C@H]1COC(CC)(CC)O1. The lowest BCUT2D eigenvalue weighted by Crippen LogP contribution is -2.29. The average Bonchev–Trinajstić information content (AvgIpc) is 2.63. The minimum atomic E-state index is -0.404. The third-order valence-corrected chi connectivity index (χ3v) is 2.96. The lowest BCUT2D eigenvalue weighted by molar-refractivity contribution is -0.174. The summed E-state index contributed by atoms with van der Waals surface area (Å²) < 4.78 is 11.5. The molecule has 0 unspecified atom stereocenters. The van der Waals surface area contributed by atoms with Gasteiger partial charge < -0.3 is 14.6 Å². The molecule has 1 aliphatic rings. The van der Waals surface area contributed by atoms with Crippen LogP contribution >= 0.6 is 0 Å². The fourth-order valence-corrected chi connectivity index (χ4v) is 1.95. The lowest BCUT2D eigenvalue weighted by atomic mass is 10.1. The second-order valence-electron chi connectivity index (χ2n) is 4.08. The Balaban J connectivity index is 2.38. The summed E-state index contributed by atoms with van der Waals surface area (Å²) in [5, 5.41) is 9.62. The van der Waals surface area contributed by atoms with Crippen LogP contribution in [0.5, 0.6) is 0 Å². The van der Waals surface area contributed by atoms with Gasteiger partial charge in [-0.2, -0.15) is 0 Å². The van der Waals surface area contributed by atoms with E-state index >= 15 is 0 Å². The molecule has 3 heteroatoms. The van der Waals surface area contributed by atoms with Crippen molar-refractivity contribution >= 4 is 0 Å². The van der Waals surface area contributed by atoms with Crippen LogP contribution in [0.2, 0.25) is 0 Å². The normalized spacial score (nSPS) is 26.5. The van der Waals surface area contributed by atoms with E-state index in [9.17, 15) is 5.11 Å². The molecule has 1 saturated heterocycles. The van der Waals surface area contributed by atoms with Crippen LogP contribution in [0.15, 0.2) is 12.7 Å². The van der Waals surface area contributed by atoms with E-state index in [0.29, 0.717) is 19.4 Å². The monoisotopic (exact) mass is 214 g/mol. The van der Waals surface area contributed by atoms with Gasteiger partial charge in [0.05, 0.1) is 18.8 Å². The van der Waals surface area contributed by atoms with Crippen LogP contribution in [-0.2, 0) is 9.47 Å². The summed E-state index contributed by atoms with van der Waals surface area (Å²) in [6.45, 7) is 8.32. The molecule has 0 aromatic carbocycles. The number of aliphatic hydroxyl groups is 1. The van der Waals surface area contributed by atoms with Crippen molar-refractivity contribution in [1.82, 2.24) is 0 Å². The Morgan fingerprint density at radius 1 is 1.53 bits per heavy atom. The van der Waals surface area contributed by atoms with Gasteiger partial charge in [-0.3, -0.25) is 0 Å². The van der Waals surface area contributed by atoms with Gasteiger partial charge in [0.25, 0.3) is 0 Å². The van der Waals surface area contributed by atoms with Crippen molar-refractivity contribution in [3.63, 3.8) is 0 Å². The van der Waals surface area contributed by atoms with Crippen molar-refractivity contribution in [2.24, 2.45) is 0 Å². The van der Waals surface area contributed by atoms with Gasteiger partial charge in [-0.25, -0.2) is 0 Å². The average molecular weight is 214 g/mol. The highest BCUT2D eigenvalue weighted by Gasteiger charge is 2.38. The number of rotatable bonds is 6. The van der Waals surface area contributed by atoms with Crippen LogP contribution in [0.25, 0.3) is 0 Å². The Bertz CT molecular complexity index is 199. The standard InChI is InChI=1S/C12H22O3/c1-4-7-10(13)8-11-9-14-12(5-2,6-3)15-11/h4,10-11,13H,1,5-9H2,2-3H3/t10-,11-/m0/s1. The van der Waals surface area contributed by atoms with Gasteiger partial charge >= 0.3 is 0 Å². The molecule has 0 spiro atoms. The molecule has 1 rings (SSSR count). The number of aliphatic hydroxyl groups excluding tert-OH is 1. The van der Waals surface area contributed by atoms with E-state index in [1.807, 2.05) is 0 Å².